The van der Waals surface area contributed by atoms with Crippen LogP contribution in [-0.4, -0.2) is 66.3 Å². The van der Waals surface area contributed by atoms with Crippen LogP contribution in [0.25, 0.3) is 0 Å². The average Bonchev–Trinajstić information content (AvgIpc) is 2.83. The van der Waals surface area contributed by atoms with Gasteiger partial charge in [0.25, 0.3) is 0 Å². The molecule has 15 heavy (non-hydrogen) atoms. The molecule has 0 aliphatic carbocycles. The molecule has 5 nitrogen and oxygen atoms in total. The van der Waals surface area contributed by atoms with Crippen molar-refractivity contribution in [1.82, 2.24) is 15.1 Å². The molecule has 0 saturated carbocycles. The Balaban J connectivity index is 1.75. The number of amides is 2. The van der Waals surface area contributed by atoms with Gasteiger partial charge in [-0.3, -0.25) is 4.90 Å². The Morgan fingerprint density at radius 2 is 2.27 bits per heavy atom. The Labute approximate surface area is 90.0 Å². The molecule has 0 bridgehead atoms. The van der Waals surface area contributed by atoms with Crippen LogP contribution in [0.15, 0.2) is 0 Å². The van der Waals surface area contributed by atoms with E-state index in [0.717, 1.165) is 45.6 Å². The van der Waals surface area contributed by atoms with Gasteiger partial charge in [-0.05, 0) is 19.4 Å². The summed E-state index contributed by atoms with van der Waals surface area (Å²) in [7, 11) is 0. The molecular weight excluding hydrogens is 194 g/mol. The number of urea groups is 1. The van der Waals surface area contributed by atoms with E-state index >= 15 is 0 Å². The summed E-state index contributed by atoms with van der Waals surface area (Å²) in [6, 6.07) is 0.366. The van der Waals surface area contributed by atoms with Crippen molar-refractivity contribution in [2.75, 3.05) is 39.3 Å². The molecule has 2 N–H and O–H groups in total. The second-order valence-electron chi connectivity index (χ2n) is 4.23. The van der Waals surface area contributed by atoms with Gasteiger partial charge in [0.05, 0.1) is 6.61 Å². The van der Waals surface area contributed by atoms with E-state index in [0.29, 0.717) is 6.04 Å². The van der Waals surface area contributed by atoms with Crippen molar-refractivity contribution in [2.45, 2.75) is 18.9 Å². The molecule has 0 aromatic rings. The molecule has 0 aromatic carbocycles. The average molecular weight is 213 g/mol. The van der Waals surface area contributed by atoms with Crippen LogP contribution in [0.4, 0.5) is 4.79 Å². The lowest BCUT2D eigenvalue weighted by atomic mass is 10.2. The molecule has 2 aliphatic rings. The third-order valence-corrected chi connectivity index (χ3v) is 3.31. The van der Waals surface area contributed by atoms with Crippen molar-refractivity contribution >= 4 is 6.03 Å². The summed E-state index contributed by atoms with van der Waals surface area (Å²) in [6.07, 6.45) is 2.25. The molecule has 0 spiro atoms. The van der Waals surface area contributed by atoms with Crippen LogP contribution in [-0.2, 0) is 0 Å². The van der Waals surface area contributed by atoms with E-state index in [1.807, 2.05) is 4.90 Å². The molecule has 2 heterocycles. The van der Waals surface area contributed by atoms with E-state index < -0.39 is 0 Å². The highest BCUT2D eigenvalue weighted by Crippen LogP contribution is 2.16. The van der Waals surface area contributed by atoms with Crippen LogP contribution in [0.5, 0.6) is 0 Å². The highest BCUT2D eigenvalue weighted by molar-refractivity contribution is 5.76. The van der Waals surface area contributed by atoms with Gasteiger partial charge in [0.15, 0.2) is 0 Å². The lowest BCUT2D eigenvalue weighted by Crippen LogP contribution is -2.40. The summed E-state index contributed by atoms with van der Waals surface area (Å²) < 4.78 is 0. The number of nitrogens with zero attached hydrogens (tertiary/aromatic N) is 2. The Hall–Kier alpha value is -0.810. The normalized spacial score (nSPS) is 27.4. The van der Waals surface area contributed by atoms with Gasteiger partial charge in [0.1, 0.15) is 0 Å². The van der Waals surface area contributed by atoms with Crippen molar-refractivity contribution < 1.29 is 9.90 Å². The van der Waals surface area contributed by atoms with Gasteiger partial charge in [-0.1, -0.05) is 0 Å². The first-order chi connectivity index (χ1) is 7.31. The van der Waals surface area contributed by atoms with Crippen molar-refractivity contribution in [3.63, 3.8) is 0 Å². The number of rotatable bonds is 4. The molecular formula is C10H19N3O2. The SMILES string of the molecule is O=C1NCCN1CCN1CCC[C@H]1CO. The molecule has 2 aliphatic heterocycles. The number of likely N-dealkylation sites (tertiary alicyclic amines) is 1. The molecule has 2 saturated heterocycles. The minimum absolute atomic E-state index is 0.0507. The van der Waals surface area contributed by atoms with Crippen LogP contribution in [0, 0.1) is 0 Å². The Morgan fingerprint density at radius 3 is 2.93 bits per heavy atom. The van der Waals surface area contributed by atoms with Gasteiger partial charge in [-0.2, -0.15) is 0 Å². The topological polar surface area (TPSA) is 55.8 Å². The minimum Gasteiger partial charge on any atom is -0.395 e. The smallest absolute Gasteiger partial charge is 0.317 e. The highest BCUT2D eigenvalue weighted by Gasteiger charge is 2.25. The predicted octanol–water partition coefficient (Wildman–Crippen LogP) is -0.532. The lowest BCUT2D eigenvalue weighted by Gasteiger charge is -2.25. The number of carbonyl (C=O) groups is 1. The molecule has 0 unspecified atom stereocenters. The fraction of sp³-hybridized carbons (Fsp3) is 0.900. The number of hydrogen-bond acceptors (Lipinski definition) is 3. The molecule has 2 rings (SSSR count). The van der Waals surface area contributed by atoms with Gasteiger partial charge in [0, 0.05) is 32.2 Å². The third kappa shape index (κ3) is 2.41. The molecule has 1 atom stereocenters. The Morgan fingerprint density at radius 1 is 1.40 bits per heavy atom. The zero-order valence-electron chi connectivity index (χ0n) is 8.98. The largest absolute Gasteiger partial charge is 0.395 e. The fourth-order valence-electron chi connectivity index (χ4n) is 2.37. The van der Waals surface area contributed by atoms with Crippen LogP contribution < -0.4 is 5.32 Å². The maximum absolute atomic E-state index is 11.3. The fourth-order valence-corrected chi connectivity index (χ4v) is 2.37. The van der Waals surface area contributed by atoms with E-state index in [-0.39, 0.29) is 12.6 Å². The maximum atomic E-state index is 11.3. The van der Waals surface area contributed by atoms with E-state index in [1.54, 1.807) is 0 Å². The maximum Gasteiger partial charge on any atom is 0.317 e. The first-order valence-corrected chi connectivity index (χ1v) is 5.69. The first kappa shape index (κ1) is 10.7. The van der Waals surface area contributed by atoms with Gasteiger partial charge in [0.2, 0.25) is 0 Å². The van der Waals surface area contributed by atoms with E-state index in [9.17, 15) is 4.79 Å². The standard InChI is InChI=1S/C10H19N3O2/c14-8-9-2-1-4-12(9)6-7-13-5-3-11-10(13)15/h9,14H,1-8H2,(H,11,15)/t9-/m0/s1. The van der Waals surface area contributed by atoms with Crippen molar-refractivity contribution in [2.24, 2.45) is 0 Å². The van der Waals surface area contributed by atoms with E-state index in [2.05, 4.69) is 10.2 Å². The highest BCUT2D eigenvalue weighted by atomic mass is 16.3. The monoisotopic (exact) mass is 213 g/mol. The number of nitrogens with one attached hydrogen (secondary N) is 1. The lowest BCUT2D eigenvalue weighted by molar-refractivity contribution is 0.147. The van der Waals surface area contributed by atoms with Gasteiger partial charge >= 0.3 is 6.03 Å². The third-order valence-electron chi connectivity index (χ3n) is 3.31. The van der Waals surface area contributed by atoms with Gasteiger partial charge in [-0.25, -0.2) is 4.79 Å². The minimum atomic E-state index is 0.0507. The summed E-state index contributed by atoms with van der Waals surface area (Å²) in [4.78, 5) is 15.4. The Bertz CT molecular complexity index is 235. The molecule has 0 radical (unpaired) electrons. The van der Waals surface area contributed by atoms with Crippen molar-refractivity contribution in [3.05, 3.63) is 0 Å². The van der Waals surface area contributed by atoms with Gasteiger partial charge < -0.3 is 15.3 Å². The molecule has 2 fully saturated rings. The van der Waals surface area contributed by atoms with Crippen molar-refractivity contribution in [1.29, 1.82) is 0 Å². The van der Waals surface area contributed by atoms with E-state index in [4.69, 9.17) is 5.11 Å². The zero-order chi connectivity index (χ0) is 10.7. The molecule has 2 amide bonds. The summed E-state index contributed by atoms with van der Waals surface area (Å²) in [5.41, 5.74) is 0. The first-order valence-electron chi connectivity index (χ1n) is 5.69. The quantitative estimate of drug-likeness (QED) is 0.660. The van der Waals surface area contributed by atoms with Gasteiger partial charge in [-0.15, -0.1) is 0 Å². The van der Waals surface area contributed by atoms with E-state index in [1.165, 1.54) is 0 Å². The molecule has 86 valence electrons. The second kappa shape index (κ2) is 4.81. The zero-order valence-corrected chi connectivity index (χ0v) is 8.98. The summed E-state index contributed by atoms with van der Waals surface area (Å²) in [5.74, 6) is 0. The summed E-state index contributed by atoms with van der Waals surface area (Å²) in [5, 5.41) is 11.9. The summed E-state index contributed by atoms with van der Waals surface area (Å²) in [6.45, 7) is 4.55. The number of carbonyl (C=O) groups excluding carboxylic acids is 1. The van der Waals surface area contributed by atoms with Crippen LogP contribution in [0.1, 0.15) is 12.8 Å². The second-order valence-corrected chi connectivity index (χ2v) is 4.23. The Kier molecular flexibility index (Phi) is 3.43. The summed E-state index contributed by atoms with van der Waals surface area (Å²) >= 11 is 0. The number of aliphatic hydroxyl groups excluding tert-OH is 1. The predicted molar refractivity (Wildman–Crippen MR) is 56.7 cm³/mol. The van der Waals surface area contributed by atoms with Crippen LogP contribution in [0.3, 0.4) is 0 Å². The molecule has 5 heteroatoms. The van der Waals surface area contributed by atoms with Crippen LogP contribution in [0.2, 0.25) is 0 Å². The number of hydrogen-bond donors (Lipinski definition) is 2. The number of aliphatic hydroxyl groups is 1. The van der Waals surface area contributed by atoms with Crippen molar-refractivity contribution in [3.8, 4) is 0 Å². The van der Waals surface area contributed by atoms with Crippen LogP contribution >= 0.6 is 0 Å². The molecule has 0 aromatic heterocycles.